The van der Waals surface area contributed by atoms with E-state index in [0.29, 0.717) is 24.5 Å². The van der Waals surface area contributed by atoms with E-state index in [2.05, 4.69) is 20.2 Å². The van der Waals surface area contributed by atoms with Gasteiger partial charge in [0.2, 0.25) is 0 Å². The van der Waals surface area contributed by atoms with Gasteiger partial charge in [-0.3, -0.25) is 9.89 Å². The third-order valence-corrected chi connectivity index (χ3v) is 4.56. The van der Waals surface area contributed by atoms with Gasteiger partial charge in [-0.2, -0.15) is 5.10 Å². The first kappa shape index (κ1) is 16.4. The Hall–Kier alpha value is -3.03. The zero-order valence-corrected chi connectivity index (χ0v) is 14.1. The molecule has 0 radical (unpaired) electrons. The summed E-state index contributed by atoms with van der Waals surface area (Å²) < 4.78 is 18.6. The molecule has 0 spiro atoms. The molecule has 2 aromatic heterocycles. The maximum absolute atomic E-state index is 13.2. The minimum Gasteiger partial charge on any atom is -0.484 e. The van der Waals surface area contributed by atoms with Crippen molar-refractivity contribution < 1.29 is 13.9 Å². The Morgan fingerprint density at radius 1 is 1.35 bits per heavy atom. The number of likely N-dealkylation sites (tertiary alicyclic amines) is 1. The number of benzene rings is 1. The highest BCUT2D eigenvalue weighted by Crippen LogP contribution is 2.29. The molecule has 1 aliphatic heterocycles. The predicted molar refractivity (Wildman–Crippen MR) is 92.1 cm³/mol. The van der Waals surface area contributed by atoms with Gasteiger partial charge in [0.05, 0.1) is 5.69 Å². The van der Waals surface area contributed by atoms with Gasteiger partial charge in [-0.1, -0.05) is 6.07 Å². The number of hydrogen-bond donors (Lipinski definition) is 1. The van der Waals surface area contributed by atoms with E-state index in [1.54, 1.807) is 29.4 Å². The third-order valence-electron chi connectivity index (χ3n) is 4.56. The van der Waals surface area contributed by atoms with Crippen molar-refractivity contribution in [1.29, 1.82) is 0 Å². The van der Waals surface area contributed by atoms with Gasteiger partial charge < -0.3 is 9.64 Å². The van der Waals surface area contributed by atoms with E-state index >= 15 is 0 Å². The van der Waals surface area contributed by atoms with E-state index in [-0.39, 0.29) is 24.2 Å². The lowest BCUT2D eigenvalue weighted by atomic mass is 9.94. The minimum absolute atomic E-state index is 0.111. The number of nitrogens with one attached hydrogen (secondary N) is 1. The fraction of sp³-hybridized carbons (Fsp3) is 0.333. The van der Waals surface area contributed by atoms with Crippen LogP contribution in [0.1, 0.15) is 24.5 Å². The van der Waals surface area contributed by atoms with Gasteiger partial charge >= 0.3 is 0 Å². The lowest BCUT2D eigenvalue weighted by Crippen LogP contribution is -2.41. The molecular weight excluding hydrogens is 337 g/mol. The molecule has 0 unspecified atom stereocenters. The molecule has 1 amide bonds. The molecule has 8 heteroatoms. The van der Waals surface area contributed by atoms with Crippen LogP contribution in [-0.2, 0) is 4.79 Å². The largest absolute Gasteiger partial charge is 0.484 e. The Labute approximate surface area is 149 Å². The Balaban J connectivity index is 1.42. The van der Waals surface area contributed by atoms with Gasteiger partial charge in [0.15, 0.2) is 12.3 Å². The molecule has 0 saturated carbocycles. The van der Waals surface area contributed by atoms with Gasteiger partial charge in [0.1, 0.15) is 17.1 Å². The van der Waals surface area contributed by atoms with Crippen LogP contribution in [0.4, 0.5) is 4.39 Å². The first-order chi connectivity index (χ1) is 12.7. The second kappa shape index (κ2) is 7.07. The van der Waals surface area contributed by atoms with Gasteiger partial charge in [-0.15, -0.1) is 0 Å². The van der Waals surface area contributed by atoms with E-state index in [1.807, 2.05) is 0 Å². The SMILES string of the molecule is O=C(COc1cccc(F)c1)N1CCC[C@H](c2[nH]nc3nccnc23)C1. The summed E-state index contributed by atoms with van der Waals surface area (Å²) >= 11 is 0. The standard InChI is InChI=1S/C18H18FN5O2/c19-13-4-1-5-14(9-13)26-11-15(25)24-8-2-3-12(10-24)16-17-18(23-22-16)21-7-6-20-17/h1,4-7,9,12H,2-3,8,10-11H2,(H,21,22,23)/t12-/m0/s1. The molecule has 0 bridgehead atoms. The Bertz CT molecular complexity index is 929. The molecule has 4 rings (SSSR count). The molecule has 1 aliphatic rings. The molecule has 1 fully saturated rings. The highest BCUT2D eigenvalue weighted by molar-refractivity contribution is 5.78. The average Bonchev–Trinajstić information content (AvgIpc) is 3.10. The van der Waals surface area contributed by atoms with Crippen molar-refractivity contribution in [1.82, 2.24) is 25.1 Å². The molecule has 1 aromatic carbocycles. The highest BCUT2D eigenvalue weighted by Gasteiger charge is 2.28. The van der Waals surface area contributed by atoms with Crippen LogP contribution in [0.2, 0.25) is 0 Å². The highest BCUT2D eigenvalue weighted by atomic mass is 19.1. The van der Waals surface area contributed by atoms with Crippen LogP contribution in [0, 0.1) is 5.82 Å². The van der Waals surface area contributed by atoms with Crippen molar-refractivity contribution in [2.45, 2.75) is 18.8 Å². The number of carbonyl (C=O) groups excluding carboxylic acids is 1. The van der Waals surface area contributed by atoms with Crippen LogP contribution in [0.3, 0.4) is 0 Å². The Morgan fingerprint density at radius 3 is 3.12 bits per heavy atom. The second-order valence-electron chi connectivity index (χ2n) is 6.29. The van der Waals surface area contributed by atoms with E-state index in [4.69, 9.17) is 4.74 Å². The van der Waals surface area contributed by atoms with Crippen LogP contribution < -0.4 is 4.74 Å². The van der Waals surface area contributed by atoms with E-state index in [1.165, 1.54) is 12.1 Å². The van der Waals surface area contributed by atoms with Crippen molar-refractivity contribution in [3.63, 3.8) is 0 Å². The number of aromatic amines is 1. The molecule has 1 N–H and O–H groups in total. The zero-order valence-electron chi connectivity index (χ0n) is 14.1. The first-order valence-corrected chi connectivity index (χ1v) is 8.52. The number of piperidine rings is 1. The van der Waals surface area contributed by atoms with E-state index in [9.17, 15) is 9.18 Å². The maximum atomic E-state index is 13.2. The van der Waals surface area contributed by atoms with E-state index < -0.39 is 0 Å². The van der Waals surface area contributed by atoms with Crippen molar-refractivity contribution in [3.8, 4) is 5.75 Å². The van der Waals surface area contributed by atoms with Crippen molar-refractivity contribution in [2.24, 2.45) is 0 Å². The number of fused-ring (bicyclic) bond motifs is 1. The number of halogens is 1. The fourth-order valence-electron chi connectivity index (χ4n) is 3.29. The molecule has 26 heavy (non-hydrogen) atoms. The second-order valence-corrected chi connectivity index (χ2v) is 6.29. The minimum atomic E-state index is -0.389. The van der Waals surface area contributed by atoms with Gasteiger partial charge in [-0.25, -0.2) is 14.4 Å². The summed E-state index contributed by atoms with van der Waals surface area (Å²) in [6.45, 7) is 1.14. The van der Waals surface area contributed by atoms with Crippen LogP contribution in [0.5, 0.6) is 5.75 Å². The number of nitrogens with zero attached hydrogens (tertiary/aromatic N) is 4. The quantitative estimate of drug-likeness (QED) is 0.776. The number of carbonyl (C=O) groups is 1. The van der Waals surface area contributed by atoms with Gasteiger partial charge in [0.25, 0.3) is 5.91 Å². The fourth-order valence-corrected chi connectivity index (χ4v) is 3.29. The topological polar surface area (TPSA) is 84.0 Å². The number of aromatic nitrogens is 4. The summed E-state index contributed by atoms with van der Waals surface area (Å²) in [6, 6.07) is 5.78. The molecule has 1 saturated heterocycles. The third kappa shape index (κ3) is 3.35. The zero-order chi connectivity index (χ0) is 17.9. The first-order valence-electron chi connectivity index (χ1n) is 8.52. The summed E-state index contributed by atoms with van der Waals surface area (Å²) in [5.74, 6) is -0.0283. The summed E-state index contributed by atoms with van der Waals surface area (Å²) in [6.07, 6.45) is 5.08. The number of ether oxygens (including phenoxy) is 1. The molecule has 3 aromatic rings. The number of H-pyrrole nitrogens is 1. The van der Waals surface area contributed by atoms with Crippen LogP contribution in [0.15, 0.2) is 36.7 Å². The maximum Gasteiger partial charge on any atom is 0.260 e. The van der Waals surface area contributed by atoms with E-state index in [0.717, 1.165) is 24.1 Å². The van der Waals surface area contributed by atoms with Crippen LogP contribution in [-0.4, -0.2) is 50.7 Å². The smallest absolute Gasteiger partial charge is 0.260 e. The van der Waals surface area contributed by atoms with Crippen LogP contribution >= 0.6 is 0 Å². The van der Waals surface area contributed by atoms with Crippen molar-refractivity contribution >= 4 is 17.1 Å². The summed E-state index contributed by atoms with van der Waals surface area (Å²) in [7, 11) is 0. The molecule has 1 atom stereocenters. The molecular formula is C18H18FN5O2. The van der Waals surface area contributed by atoms with Crippen molar-refractivity contribution in [3.05, 3.63) is 48.2 Å². The summed E-state index contributed by atoms with van der Waals surface area (Å²) in [4.78, 5) is 22.8. The van der Waals surface area contributed by atoms with Gasteiger partial charge in [0, 0.05) is 37.5 Å². The lowest BCUT2D eigenvalue weighted by molar-refractivity contribution is -0.134. The number of hydrogen-bond acceptors (Lipinski definition) is 5. The summed E-state index contributed by atoms with van der Waals surface area (Å²) in [5, 5.41) is 7.21. The van der Waals surface area contributed by atoms with Crippen LogP contribution in [0.25, 0.3) is 11.2 Å². The normalized spacial score (nSPS) is 17.4. The predicted octanol–water partition coefficient (Wildman–Crippen LogP) is 2.28. The molecule has 7 nitrogen and oxygen atoms in total. The monoisotopic (exact) mass is 355 g/mol. The van der Waals surface area contributed by atoms with Gasteiger partial charge in [-0.05, 0) is 25.0 Å². The molecule has 134 valence electrons. The Kier molecular flexibility index (Phi) is 4.47. The molecule has 3 heterocycles. The summed E-state index contributed by atoms with van der Waals surface area (Å²) in [5.41, 5.74) is 2.25. The molecule has 0 aliphatic carbocycles. The van der Waals surface area contributed by atoms with Crippen molar-refractivity contribution in [2.75, 3.05) is 19.7 Å². The average molecular weight is 355 g/mol. The Morgan fingerprint density at radius 2 is 2.23 bits per heavy atom. The lowest BCUT2D eigenvalue weighted by Gasteiger charge is -2.32. The number of amides is 1. The number of rotatable bonds is 4.